The summed E-state index contributed by atoms with van der Waals surface area (Å²) >= 11 is 0. The second-order valence-electron chi connectivity index (χ2n) is 5.35. The molecule has 94 valence electrons. The first-order chi connectivity index (χ1) is 8.79. The number of para-hydroxylation sites is 1. The lowest BCUT2D eigenvalue weighted by Crippen LogP contribution is -2.38. The van der Waals surface area contributed by atoms with E-state index in [2.05, 4.69) is 41.0 Å². The predicted molar refractivity (Wildman–Crippen MR) is 72.3 cm³/mol. The Morgan fingerprint density at radius 1 is 1.22 bits per heavy atom. The fourth-order valence-corrected chi connectivity index (χ4v) is 3.71. The molecule has 1 N–H and O–H groups in total. The van der Waals surface area contributed by atoms with Crippen molar-refractivity contribution in [3.63, 3.8) is 0 Å². The molecule has 1 aliphatic carbocycles. The van der Waals surface area contributed by atoms with Gasteiger partial charge in [-0.05, 0) is 12.8 Å². The van der Waals surface area contributed by atoms with E-state index in [1.54, 1.807) is 6.21 Å². The maximum absolute atomic E-state index is 8.96. The van der Waals surface area contributed by atoms with Crippen LogP contribution in [0.1, 0.15) is 37.7 Å². The van der Waals surface area contributed by atoms with Gasteiger partial charge in [-0.15, -0.1) is 0 Å². The highest BCUT2D eigenvalue weighted by atomic mass is 16.4. The third kappa shape index (κ3) is 1.43. The van der Waals surface area contributed by atoms with Crippen LogP contribution in [-0.2, 0) is 5.41 Å². The molecule has 1 aliphatic heterocycles. The number of rotatable bonds is 1. The summed E-state index contributed by atoms with van der Waals surface area (Å²) < 4.78 is 2.18. The van der Waals surface area contributed by atoms with Gasteiger partial charge >= 0.3 is 0 Å². The molecule has 0 atom stereocenters. The zero-order valence-corrected chi connectivity index (χ0v) is 10.8. The predicted octanol–water partition coefficient (Wildman–Crippen LogP) is 3.08. The van der Waals surface area contributed by atoms with Crippen molar-refractivity contribution in [3.05, 3.63) is 29.8 Å². The summed E-state index contributed by atoms with van der Waals surface area (Å²) in [5.41, 5.74) is 3.89. The summed E-state index contributed by atoms with van der Waals surface area (Å²) in [6.45, 7) is 0. The van der Waals surface area contributed by atoms with Crippen LogP contribution in [0.2, 0.25) is 0 Å². The molecule has 0 saturated heterocycles. The van der Waals surface area contributed by atoms with Crippen molar-refractivity contribution in [2.75, 3.05) is 7.05 Å². The van der Waals surface area contributed by atoms with Crippen molar-refractivity contribution < 1.29 is 9.78 Å². The molecule has 1 spiro atoms. The summed E-state index contributed by atoms with van der Waals surface area (Å²) in [7, 11) is 2.07. The topological polar surface area (TPSA) is 35.6 Å². The van der Waals surface area contributed by atoms with Crippen molar-refractivity contribution in [1.82, 2.24) is 0 Å². The Bertz CT molecular complexity index is 525. The summed E-state index contributed by atoms with van der Waals surface area (Å²) in [5.74, 6) is 0. The van der Waals surface area contributed by atoms with Crippen LogP contribution >= 0.6 is 0 Å². The van der Waals surface area contributed by atoms with Crippen molar-refractivity contribution in [1.29, 1.82) is 0 Å². The Kier molecular flexibility index (Phi) is 2.69. The molecular formula is C15H19N2O+. The van der Waals surface area contributed by atoms with Gasteiger partial charge in [-0.2, -0.15) is 4.58 Å². The Labute approximate surface area is 107 Å². The highest BCUT2D eigenvalue weighted by Gasteiger charge is 2.50. The van der Waals surface area contributed by atoms with Gasteiger partial charge in [-0.25, -0.2) is 0 Å². The average Bonchev–Trinajstić information content (AvgIpc) is 2.64. The summed E-state index contributed by atoms with van der Waals surface area (Å²) in [6, 6.07) is 8.58. The van der Waals surface area contributed by atoms with E-state index in [-0.39, 0.29) is 5.41 Å². The molecular weight excluding hydrogens is 224 g/mol. The zero-order valence-electron chi connectivity index (χ0n) is 10.8. The zero-order chi connectivity index (χ0) is 12.6. The molecule has 1 fully saturated rings. The maximum Gasteiger partial charge on any atom is 0.214 e. The minimum Gasteiger partial charge on any atom is -0.411 e. The Morgan fingerprint density at radius 2 is 1.94 bits per heavy atom. The summed E-state index contributed by atoms with van der Waals surface area (Å²) in [5, 5.41) is 12.3. The maximum atomic E-state index is 8.96. The van der Waals surface area contributed by atoms with E-state index < -0.39 is 0 Å². The SMILES string of the molecule is C[N+]1=C(C=NO)C2(CCCCC2)c2ccccc21. The molecule has 0 amide bonds. The number of fused-ring (bicyclic) bond motifs is 2. The van der Waals surface area contributed by atoms with Gasteiger partial charge in [0.2, 0.25) is 11.4 Å². The molecule has 1 aromatic carbocycles. The van der Waals surface area contributed by atoms with Gasteiger partial charge in [0.15, 0.2) is 0 Å². The second kappa shape index (κ2) is 4.23. The molecule has 1 aromatic rings. The highest BCUT2D eigenvalue weighted by molar-refractivity contribution is 6.33. The van der Waals surface area contributed by atoms with Gasteiger partial charge < -0.3 is 5.21 Å². The number of nitrogens with zero attached hydrogens (tertiary/aromatic N) is 2. The van der Waals surface area contributed by atoms with E-state index in [0.29, 0.717) is 0 Å². The number of oxime groups is 1. The molecule has 3 heteroatoms. The quantitative estimate of drug-likeness (QED) is 0.350. The van der Waals surface area contributed by atoms with E-state index in [0.717, 1.165) is 18.6 Å². The average molecular weight is 243 g/mol. The van der Waals surface area contributed by atoms with Crippen molar-refractivity contribution in [2.45, 2.75) is 37.5 Å². The van der Waals surface area contributed by atoms with Crippen LogP contribution in [0.25, 0.3) is 0 Å². The number of hydrogen-bond acceptors (Lipinski definition) is 2. The van der Waals surface area contributed by atoms with Gasteiger partial charge in [-0.3, -0.25) is 0 Å². The van der Waals surface area contributed by atoms with Crippen LogP contribution in [0.3, 0.4) is 0 Å². The van der Waals surface area contributed by atoms with Gasteiger partial charge in [0, 0.05) is 11.6 Å². The lowest BCUT2D eigenvalue weighted by molar-refractivity contribution is -0.400. The fourth-order valence-electron chi connectivity index (χ4n) is 3.71. The monoisotopic (exact) mass is 243 g/mol. The summed E-state index contributed by atoms with van der Waals surface area (Å²) in [6.07, 6.45) is 7.78. The van der Waals surface area contributed by atoms with Crippen molar-refractivity contribution in [3.8, 4) is 0 Å². The smallest absolute Gasteiger partial charge is 0.214 e. The normalized spacial score (nSPS) is 21.8. The lowest BCUT2D eigenvalue weighted by atomic mass is 9.67. The largest absolute Gasteiger partial charge is 0.411 e. The standard InChI is InChI=1S/C15H18N2O/c1-17-13-8-4-3-7-12(13)15(14(17)11-16-18)9-5-2-6-10-15/h3-4,7-8,11H,2,5-6,9-10H2,1H3/p+1. The van der Waals surface area contributed by atoms with Gasteiger partial charge in [0.05, 0.1) is 5.41 Å². The molecule has 1 heterocycles. The molecule has 3 nitrogen and oxygen atoms in total. The summed E-state index contributed by atoms with van der Waals surface area (Å²) in [4.78, 5) is 0. The number of benzene rings is 1. The third-order valence-electron chi connectivity index (χ3n) is 4.52. The molecule has 2 aliphatic rings. The van der Waals surface area contributed by atoms with Crippen LogP contribution in [0, 0.1) is 0 Å². The van der Waals surface area contributed by atoms with Crippen LogP contribution in [-0.4, -0.2) is 28.8 Å². The molecule has 3 rings (SSSR count). The van der Waals surface area contributed by atoms with Gasteiger partial charge in [-0.1, -0.05) is 42.6 Å². The fraction of sp³-hybridized carbons (Fsp3) is 0.467. The van der Waals surface area contributed by atoms with Crippen molar-refractivity contribution >= 4 is 17.6 Å². The van der Waals surface area contributed by atoms with E-state index >= 15 is 0 Å². The van der Waals surface area contributed by atoms with Crippen LogP contribution in [0.15, 0.2) is 29.4 Å². The lowest BCUT2D eigenvalue weighted by Gasteiger charge is -2.31. The Hall–Kier alpha value is -1.64. The van der Waals surface area contributed by atoms with Gasteiger partial charge in [0.1, 0.15) is 13.3 Å². The molecule has 0 bridgehead atoms. The Morgan fingerprint density at radius 3 is 2.67 bits per heavy atom. The second-order valence-corrected chi connectivity index (χ2v) is 5.35. The van der Waals surface area contributed by atoms with Crippen LogP contribution < -0.4 is 0 Å². The van der Waals surface area contributed by atoms with Gasteiger partial charge in [0.25, 0.3) is 0 Å². The molecule has 18 heavy (non-hydrogen) atoms. The van der Waals surface area contributed by atoms with E-state index in [1.807, 2.05) is 0 Å². The van der Waals surface area contributed by atoms with E-state index in [9.17, 15) is 0 Å². The third-order valence-corrected chi connectivity index (χ3v) is 4.52. The molecule has 0 unspecified atom stereocenters. The minimum atomic E-state index is 0.0792. The minimum absolute atomic E-state index is 0.0792. The molecule has 0 aromatic heterocycles. The highest BCUT2D eigenvalue weighted by Crippen LogP contribution is 2.47. The van der Waals surface area contributed by atoms with Crippen molar-refractivity contribution in [2.24, 2.45) is 5.16 Å². The first-order valence-corrected chi connectivity index (χ1v) is 6.68. The van der Waals surface area contributed by atoms with Crippen LogP contribution in [0.5, 0.6) is 0 Å². The Balaban J connectivity index is 2.21. The molecule has 1 saturated carbocycles. The first-order valence-electron chi connectivity index (χ1n) is 6.68. The van der Waals surface area contributed by atoms with E-state index in [1.165, 1.54) is 30.5 Å². The van der Waals surface area contributed by atoms with E-state index in [4.69, 9.17) is 5.21 Å². The molecule has 0 radical (unpaired) electrons. The first kappa shape index (κ1) is 11.5. The van der Waals surface area contributed by atoms with Crippen LogP contribution in [0.4, 0.5) is 5.69 Å². The number of hydrogen-bond donors (Lipinski definition) is 1.